The number of aromatic nitrogens is 2. The first-order valence-electron chi connectivity index (χ1n) is 18.5. The van der Waals surface area contributed by atoms with E-state index in [0.717, 1.165) is 35.1 Å². The smallest absolute Gasteiger partial charge is 0.137 e. The van der Waals surface area contributed by atoms with E-state index in [1.54, 1.807) is 0 Å². The van der Waals surface area contributed by atoms with Crippen LogP contribution in [0.2, 0.25) is 0 Å². The maximum absolute atomic E-state index is 4.98. The zero-order valence-electron chi connectivity index (χ0n) is 30.1. The lowest BCUT2D eigenvalue weighted by Gasteiger charge is -2.34. The summed E-state index contributed by atoms with van der Waals surface area (Å²) < 4.78 is 0. The molecule has 9 aromatic rings. The van der Waals surface area contributed by atoms with Crippen molar-refractivity contribution in [3.63, 3.8) is 0 Å². The van der Waals surface area contributed by atoms with Crippen molar-refractivity contribution in [3.05, 3.63) is 180 Å². The Morgan fingerprint density at radius 1 is 0.509 bits per heavy atom. The highest BCUT2D eigenvalue weighted by Crippen LogP contribution is 2.50. The topological polar surface area (TPSA) is 32.3 Å². The van der Waals surface area contributed by atoms with Gasteiger partial charge in [-0.05, 0) is 112 Å². The van der Waals surface area contributed by atoms with Crippen molar-refractivity contribution < 1.29 is 0 Å². The highest BCUT2D eigenvalue weighted by Gasteiger charge is 2.28. The van der Waals surface area contributed by atoms with Crippen LogP contribution in [0, 0.1) is 13.8 Å². The predicted molar refractivity (Wildman–Crippen MR) is 223 cm³/mol. The van der Waals surface area contributed by atoms with Gasteiger partial charge >= 0.3 is 0 Å². The van der Waals surface area contributed by atoms with E-state index >= 15 is 0 Å². The van der Waals surface area contributed by atoms with Crippen molar-refractivity contribution in [1.82, 2.24) is 9.97 Å². The number of hydrogen-bond donors (Lipinski definition) is 0. The molecule has 7 aromatic carbocycles. The molecule has 4 nitrogen and oxygen atoms in total. The van der Waals surface area contributed by atoms with Gasteiger partial charge in [0.05, 0.1) is 22.8 Å². The Morgan fingerprint density at radius 3 is 1.75 bits per heavy atom. The lowest BCUT2D eigenvalue weighted by atomic mass is 9.85. The lowest BCUT2D eigenvalue weighted by molar-refractivity contribution is 0.765. The van der Waals surface area contributed by atoms with E-state index in [4.69, 9.17) is 9.97 Å². The zero-order valence-corrected chi connectivity index (χ0v) is 30.1. The van der Waals surface area contributed by atoms with Gasteiger partial charge in [-0.1, -0.05) is 110 Å². The van der Waals surface area contributed by atoms with Crippen LogP contribution in [-0.2, 0) is 0 Å². The van der Waals surface area contributed by atoms with Gasteiger partial charge in [-0.25, -0.2) is 9.97 Å². The van der Waals surface area contributed by atoms with Gasteiger partial charge in [0.25, 0.3) is 0 Å². The second kappa shape index (κ2) is 12.3. The summed E-state index contributed by atoms with van der Waals surface area (Å²) in [6.45, 7) is 6.82. The molecule has 0 fully saturated rings. The number of rotatable bonds is 6. The molecule has 0 saturated carbocycles. The van der Waals surface area contributed by atoms with Crippen LogP contribution in [0.4, 0.5) is 28.7 Å². The molecule has 0 radical (unpaired) electrons. The summed E-state index contributed by atoms with van der Waals surface area (Å²) in [6, 6.07) is 50.4. The molecule has 0 bridgehead atoms. The summed E-state index contributed by atoms with van der Waals surface area (Å²) in [4.78, 5) is 14.7. The second-order valence-electron chi connectivity index (χ2n) is 14.4. The molecular formula is C49H38N4. The first-order valence-corrected chi connectivity index (χ1v) is 18.5. The Hall–Kier alpha value is -6.52. The fourth-order valence-electron chi connectivity index (χ4n) is 8.70. The standard InChI is InChI=1S/C49H38N4/c1-31-21-26-43(39-17-7-6-15-35(31)39)53(47-20-9-11-28-51-47)45-30-33(3)37-22-24-40-44(29-32(2)36-23-25-41(45)49(37)48(36)40)52(46-19-8-10-27-50-46)42-18-12-14-34-13-4-5-16-38(34)42/h4-20,22-31H,21H2,1-3H3. The van der Waals surface area contributed by atoms with Crippen molar-refractivity contribution in [2.75, 3.05) is 9.80 Å². The Labute approximate surface area is 309 Å². The molecule has 0 amide bonds. The fourth-order valence-corrected chi connectivity index (χ4v) is 8.70. The summed E-state index contributed by atoms with van der Waals surface area (Å²) in [7, 11) is 0. The molecule has 2 heterocycles. The number of anilines is 5. The SMILES string of the molecule is Cc1cc(N(C2=CCC(C)c3ccccc32)c2ccccn2)c2ccc3c(C)cc(N(c4ccccn4)c4cccc5ccccc45)c4ccc1c2c34. The number of hydrogen-bond acceptors (Lipinski definition) is 4. The van der Waals surface area contributed by atoms with Gasteiger partial charge in [0.15, 0.2) is 0 Å². The number of fused-ring (bicyclic) bond motifs is 2. The third kappa shape index (κ3) is 4.90. The molecule has 10 rings (SSSR count). The van der Waals surface area contributed by atoms with Crippen molar-refractivity contribution in [3.8, 4) is 0 Å². The molecule has 0 N–H and O–H groups in total. The third-order valence-electron chi connectivity index (χ3n) is 11.2. The molecule has 1 aliphatic carbocycles. The Bertz CT molecular complexity index is 2850. The summed E-state index contributed by atoms with van der Waals surface area (Å²) >= 11 is 0. The molecule has 4 heteroatoms. The van der Waals surface area contributed by atoms with Crippen LogP contribution in [0.25, 0.3) is 48.8 Å². The lowest BCUT2D eigenvalue weighted by Crippen LogP contribution is -2.21. The summed E-state index contributed by atoms with van der Waals surface area (Å²) in [5, 5.41) is 9.85. The maximum atomic E-state index is 4.98. The molecular weight excluding hydrogens is 645 g/mol. The van der Waals surface area contributed by atoms with Crippen molar-refractivity contribution in [1.29, 1.82) is 0 Å². The molecule has 0 spiro atoms. The first kappa shape index (κ1) is 31.2. The van der Waals surface area contributed by atoms with Gasteiger partial charge < -0.3 is 0 Å². The van der Waals surface area contributed by atoms with Gasteiger partial charge in [-0.3, -0.25) is 9.80 Å². The van der Waals surface area contributed by atoms with Crippen LogP contribution in [0.5, 0.6) is 0 Å². The van der Waals surface area contributed by atoms with Crippen LogP contribution < -0.4 is 9.80 Å². The normalized spacial score (nSPS) is 14.2. The summed E-state index contributed by atoms with van der Waals surface area (Å²) in [6.07, 6.45) is 7.17. The molecule has 254 valence electrons. The maximum Gasteiger partial charge on any atom is 0.137 e. The van der Waals surface area contributed by atoms with Gasteiger partial charge in [0, 0.05) is 34.1 Å². The van der Waals surface area contributed by atoms with Crippen molar-refractivity contribution >= 4 is 77.5 Å². The van der Waals surface area contributed by atoms with E-state index < -0.39 is 0 Å². The molecule has 2 aromatic heterocycles. The minimum atomic E-state index is 0.453. The molecule has 53 heavy (non-hydrogen) atoms. The third-order valence-corrected chi connectivity index (χ3v) is 11.2. The fraction of sp³-hybridized carbons (Fsp3) is 0.102. The average molecular weight is 683 g/mol. The molecule has 1 unspecified atom stereocenters. The van der Waals surface area contributed by atoms with Crippen molar-refractivity contribution in [2.45, 2.75) is 33.1 Å². The van der Waals surface area contributed by atoms with Gasteiger partial charge in [0.1, 0.15) is 11.6 Å². The number of allylic oxidation sites excluding steroid dienone is 1. The van der Waals surface area contributed by atoms with E-state index in [9.17, 15) is 0 Å². The quantitative estimate of drug-likeness (QED) is 0.163. The minimum absolute atomic E-state index is 0.453. The summed E-state index contributed by atoms with van der Waals surface area (Å²) in [5.41, 5.74) is 9.64. The average Bonchev–Trinajstić information content (AvgIpc) is 3.21. The summed E-state index contributed by atoms with van der Waals surface area (Å²) in [5.74, 6) is 2.24. The molecule has 1 aliphatic rings. The highest BCUT2D eigenvalue weighted by atomic mass is 15.2. The van der Waals surface area contributed by atoms with E-state index in [1.807, 2.05) is 24.5 Å². The minimum Gasteiger partial charge on any atom is -0.294 e. The van der Waals surface area contributed by atoms with Gasteiger partial charge in [-0.2, -0.15) is 0 Å². The van der Waals surface area contributed by atoms with Crippen LogP contribution >= 0.6 is 0 Å². The number of pyridine rings is 2. The van der Waals surface area contributed by atoms with Crippen LogP contribution in [-0.4, -0.2) is 9.97 Å². The van der Waals surface area contributed by atoms with Crippen LogP contribution in [0.3, 0.4) is 0 Å². The Morgan fingerprint density at radius 2 is 1.08 bits per heavy atom. The van der Waals surface area contributed by atoms with Crippen molar-refractivity contribution in [2.24, 2.45) is 0 Å². The number of benzene rings is 7. The first-order chi connectivity index (χ1) is 26.1. The van der Waals surface area contributed by atoms with E-state index in [1.165, 1.54) is 71.0 Å². The molecule has 0 saturated heterocycles. The van der Waals surface area contributed by atoms with E-state index in [0.29, 0.717) is 5.92 Å². The number of nitrogens with zero attached hydrogens (tertiary/aromatic N) is 4. The largest absolute Gasteiger partial charge is 0.294 e. The van der Waals surface area contributed by atoms with E-state index in [2.05, 4.69) is 164 Å². The Balaban J connectivity index is 1.29. The molecule has 1 atom stereocenters. The Kier molecular flexibility index (Phi) is 7.26. The van der Waals surface area contributed by atoms with Crippen LogP contribution in [0.1, 0.15) is 41.5 Å². The monoisotopic (exact) mass is 682 g/mol. The number of aryl methyl sites for hydroxylation is 2. The van der Waals surface area contributed by atoms with Gasteiger partial charge in [0.2, 0.25) is 0 Å². The second-order valence-corrected chi connectivity index (χ2v) is 14.4. The van der Waals surface area contributed by atoms with Gasteiger partial charge in [-0.15, -0.1) is 0 Å². The molecule has 0 aliphatic heterocycles. The van der Waals surface area contributed by atoms with Crippen LogP contribution in [0.15, 0.2) is 158 Å². The predicted octanol–water partition coefficient (Wildman–Crippen LogP) is 13.3. The highest BCUT2D eigenvalue weighted by molar-refractivity contribution is 6.29. The van der Waals surface area contributed by atoms with E-state index in [-0.39, 0.29) is 0 Å². The zero-order chi connectivity index (χ0) is 35.6.